The standard InChI is InChI=1S/C50H78N8O16/c1-5-25(2)20-26(3)12-10-8-6-7-9-11-13-37(66)58-32-22-35(64)44(58)55-48(72)41-33(62)18-19-56(41)50(74)39(34(63)23-36(51)65)53-47(71)40(43(68)42(67)28-14-16-29(60)17-15-28)54-45(69)31-21-30(61)24-57(31)49(73)38(27(4)59)52-46(32)70/h14-17,25-27,30-35,38-44,59-64,67-68H,5-13,18-24H2,1-4H3,(H2,51,65)(H,52,70)(H,53,71)(H,54,69)(H,55,72)/t25?,26?,27-,30-,31+,32+,33+,34-,35-,38+,39+,40+,41+,42+,43+,44-/m1/s1. The van der Waals surface area contributed by atoms with Crippen molar-refractivity contribution in [2.45, 2.75) is 203 Å². The van der Waals surface area contributed by atoms with E-state index in [0.717, 1.165) is 72.3 Å². The number of aliphatic hydroxyl groups is 7. The first-order valence-electron chi connectivity index (χ1n) is 25.9. The van der Waals surface area contributed by atoms with Crippen LogP contribution in [0.5, 0.6) is 5.75 Å². The van der Waals surface area contributed by atoms with Crippen LogP contribution < -0.4 is 27.0 Å². The second-order valence-corrected chi connectivity index (χ2v) is 20.8. The molecule has 8 amide bonds. The van der Waals surface area contributed by atoms with Gasteiger partial charge < -0.3 is 82.6 Å². The fourth-order valence-electron chi connectivity index (χ4n) is 10.5. The third kappa shape index (κ3) is 14.9. The summed E-state index contributed by atoms with van der Waals surface area (Å²) in [6, 6.07) is -6.85. The van der Waals surface area contributed by atoms with Crippen LogP contribution >= 0.6 is 0 Å². The Balaban J connectivity index is 1.50. The van der Waals surface area contributed by atoms with E-state index < -0.39 is 165 Å². The van der Waals surface area contributed by atoms with Crippen LogP contribution in [0, 0.1) is 11.8 Å². The number of carbonyl (C=O) groups excluding carboxylic acids is 8. The predicted octanol–water partition coefficient (Wildman–Crippen LogP) is -2.61. The van der Waals surface area contributed by atoms with E-state index in [2.05, 4.69) is 42.0 Å². The highest BCUT2D eigenvalue weighted by molar-refractivity contribution is 5.99. The molecule has 0 aliphatic carbocycles. The number of phenols is 1. The van der Waals surface area contributed by atoms with Crippen LogP contribution in [0.2, 0.25) is 0 Å². The van der Waals surface area contributed by atoms with Crippen molar-refractivity contribution in [3.8, 4) is 5.75 Å². The molecule has 74 heavy (non-hydrogen) atoms. The van der Waals surface area contributed by atoms with Gasteiger partial charge >= 0.3 is 0 Å². The molecule has 1 aromatic rings. The lowest BCUT2D eigenvalue weighted by molar-refractivity contribution is -0.150. The molecule has 24 heteroatoms. The number of rotatable bonds is 19. The first-order chi connectivity index (χ1) is 34.9. The van der Waals surface area contributed by atoms with Crippen molar-refractivity contribution in [1.82, 2.24) is 36.0 Å². The summed E-state index contributed by atoms with van der Waals surface area (Å²) in [5, 5.41) is 98.1. The second-order valence-electron chi connectivity index (χ2n) is 20.8. The molecule has 414 valence electrons. The van der Waals surface area contributed by atoms with Crippen molar-refractivity contribution in [1.29, 1.82) is 0 Å². The number of carbonyl (C=O) groups is 8. The number of amides is 8. The van der Waals surface area contributed by atoms with Gasteiger partial charge in [0.25, 0.3) is 0 Å². The van der Waals surface area contributed by atoms with Gasteiger partial charge in [0, 0.05) is 32.4 Å². The molecule has 0 spiro atoms. The smallest absolute Gasteiger partial charge is 0.248 e. The molecular weight excluding hydrogens is 969 g/mol. The Morgan fingerprint density at radius 3 is 1.93 bits per heavy atom. The summed E-state index contributed by atoms with van der Waals surface area (Å²) in [5.41, 5.74) is 5.28. The summed E-state index contributed by atoms with van der Waals surface area (Å²) in [6.07, 6.45) is -8.72. The fraction of sp³-hybridized carbons (Fsp3) is 0.720. The first kappa shape index (κ1) is 59.4. The number of nitrogens with zero attached hydrogens (tertiary/aromatic N) is 3. The molecule has 16 atom stereocenters. The van der Waals surface area contributed by atoms with E-state index in [4.69, 9.17) is 5.73 Å². The maximum Gasteiger partial charge on any atom is 0.248 e. The lowest BCUT2D eigenvalue weighted by atomic mass is 9.91. The molecule has 4 aliphatic rings. The molecule has 2 bridgehead atoms. The zero-order valence-corrected chi connectivity index (χ0v) is 42.6. The van der Waals surface area contributed by atoms with Crippen molar-refractivity contribution in [2.24, 2.45) is 17.6 Å². The molecule has 14 N–H and O–H groups in total. The highest BCUT2D eigenvalue weighted by Gasteiger charge is 2.52. The van der Waals surface area contributed by atoms with Gasteiger partial charge in [-0.1, -0.05) is 77.8 Å². The normalized spacial score (nSPS) is 29.7. The average molecular weight is 1050 g/mol. The predicted molar refractivity (Wildman–Crippen MR) is 262 cm³/mol. The Morgan fingerprint density at radius 2 is 1.30 bits per heavy atom. The summed E-state index contributed by atoms with van der Waals surface area (Å²) in [4.78, 5) is 115. The molecule has 1 aromatic carbocycles. The summed E-state index contributed by atoms with van der Waals surface area (Å²) in [5.74, 6) is -8.12. The Labute approximate surface area is 430 Å². The number of nitrogens with two attached hydrogens (primary N) is 1. The molecule has 0 aromatic heterocycles. The summed E-state index contributed by atoms with van der Waals surface area (Å²) in [6.45, 7) is 6.89. The molecule has 2 unspecified atom stereocenters. The molecule has 4 heterocycles. The van der Waals surface area contributed by atoms with Crippen LogP contribution in [-0.2, 0) is 38.4 Å². The van der Waals surface area contributed by atoms with E-state index in [1.165, 1.54) is 18.6 Å². The maximum absolute atomic E-state index is 14.6. The van der Waals surface area contributed by atoms with Gasteiger partial charge in [-0.25, -0.2) is 0 Å². The lowest BCUT2D eigenvalue weighted by Crippen LogP contribution is -2.65. The number of aliphatic hydroxyl groups excluding tert-OH is 7. The summed E-state index contributed by atoms with van der Waals surface area (Å²) >= 11 is 0. The van der Waals surface area contributed by atoms with Crippen LogP contribution in [0.1, 0.15) is 129 Å². The third-order valence-electron chi connectivity index (χ3n) is 14.9. The van der Waals surface area contributed by atoms with E-state index in [9.17, 15) is 79.2 Å². The number of aromatic hydroxyl groups is 1. The van der Waals surface area contributed by atoms with E-state index >= 15 is 0 Å². The van der Waals surface area contributed by atoms with Crippen molar-refractivity contribution < 1.29 is 79.2 Å². The zero-order chi connectivity index (χ0) is 54.7. The van der Waals surface area contributed by atoms with Gasteiger partial charge in [-0.3, -0.25) is 38.4 Å². The summed E-state index contributed by atoms with van der Waals surface area (Å²) < 4.78 is 0. The highest BCUT2D eigenvalue weighted by Crippen LogP contribution is 2.30. The Kier molecular flexibility index (Phi) is 21.5. The maximum atomic E-state index is 14.6. The molecule has 0 saturated carbocycles. The van der Waals surface area contributed by atoms with Gasteiger partial charge in [-0.15, -0.1) is 0 Å². The SMILES string of the molecule is CCC(C)CC(C)CCCCCCCCC(=O)N1[C@H]2C[C@@H](O)[C@@H]1NC(=O)[C@@H]1[C@@H](O)CCN1C(=O)[C@H]([C@H](O)CC(N)=O)NC(=O)[C@H]([C@H](O)[C@@H](O)c1ccc(O)cc1)NC(=O)[C@@H]1C[C@@H](O)CN1C(=O)[C@H]([C@@H](C)O)NC2=O. The van der Waals surface area contributed by atoms with E-state index in [1.54, 1.807) is 0 Å². The second kappa shape index (κ2) is 26.8. The number of hydrogen-bond acceptors (Lipinski definition) is 16. The van der Waals surface area contributed by atoms with Crippen molar-refractivity contribution in [3.63, 3.8) is 0 Å². The number of benzene rings is 1. The van der Waals surface area contributed by atoms with E-state index in [1.807, 2.05) is 0 Å². The summed E-state index contributed by atoms with van der Waals surface area (Å²) in [7, 11) is 0. The van der Waals surface area contributed by atoms with Crippen LogP contribution in [0.3, 0.4) is 0 Å². The third-order valence-corrected chi connectivity index (χ3v) is 14.9. The number of primary amides is 1. The van der Waals surface area contributed by atoms with E-state index in [-0.39, 0.29) is 24.2 Å². The van der Waals surface area contributed by atoms with Crippen molar-refractivity contribution in [3.05, 3.63) is 29.8 Å². The van der Waals surface area contributed by atoms with E-state index in [0.29, 0.717) is 24.7 Å². The molecule has 0 radical (unpaired) electrons. The van der Waals surface area contributed by atoms with Crippen LogP contribution in [0.25, 0.3) is 0 Å². The molecule has 4 saturated heterocycles. The number of nitrogens with one attached hydrogen (secondary N) is 4. The number of unbranched alkanes of at least 4 members (excludes halogenated alkanes) is 5. The highest BCUT2D eigenvalue weighted by atomic mass is 16.3. The molecule has 5 rings (SSSR count). The molecule has 4 aliphatic heterocycles. The number of hydrogen-bond donors (Lipinski definition) is 13. The first-order valence-corrected chi connectivity index (χ1v) is 25.9. The van der Waals surface area contributed by atoms with Gasteiger partial charge in [0.15, 0.2) is 0 Å². The minimum Gasteiger partial charge on any atom is -0.508 e. The minimum absolute atomic E-state index is 0.0911. The average Bonchev–Trinajstić information content (AvgIpc) is 4.04. The Morgan fingerprint density at radius 1 is 0.703 bits per heavy atom. The minimum atomic E-state index is -2.33. The van der Waals surface area contributed by atoms with Gasteiger partial charge in [0.2, 0.25) is 47.3 Å². The Bertz CT molecular complexity index is 2130. The van der Waals surface area contributed by atoms with Crippen LogP contribution in [0.4, 0.5) is 0 Å². The van der Waals surface area contributed by atoms with Gasteiger partial charge in [-0.2, -0.15) is 0 Å². The molecule has 4 fully saturated rings. The zero-order valence-electron chi connectivity index (χ0n) is 42.6. The quantitative estimate of drug-likeness (QED) is 0.0632. The molecule has 24 nitrogen and oxygen atoms in total. The van der Waals surface area contributed by atoms with Crippen molar-refractivity contribution in [2.75, 3.05) is 13.1 Å². The van der Waals surface area contributed by atoms with Crippen LogP contribution in [-0.4, -0.2) is 195 Å². The van der Waals surface area contributed by atoms with Gasteiger partial charge in [0.1, 0.15) is 60.4 Å². The fourth-order valence-corrected chi connectivity index (χ4v) is 10.5. The monoisotopic (exact) mass is 1050 g/mol. The largest absolute Gasteiger partial charge is 0.508 e. The van der Waals surface area contributed by atoms with Crippen LogP contribution in [0.15, 0.2) is 24.3 Å². The lowest BCUT2D eigenvalue weighted by Gasteiger charge is -2.36. The van der Waals surface area contributed by atoms with Gasteiger partial charge in [-0.05, 0) is 55.7 Å². The topological polar surface area (TPSA) is 382 Å². The Hall–Kier alpha value is -5.50. The number of fused-ring (bicyclic) bond motifs is 4. The van der Waals surface area contributed by atoms with Gasteiger partial charge in [0.05, 0.1) is 36.9 Å². The number of phenolic OH excluding ortho intramolecular Hbond substituents is 1. The van der Waals surface area contributed by atoms with Crippen molar-refractivity contribution >= 4 is 47.3 Å². The molecular formula is C50H78N8O16.